The first-order chi connectivity index (χ1) is 6.74. The molecule has 14 heavy (non-hydrogen) atoms. The summed E-state index contributed by atoms with van der Waals surface area (Å²) in [6.45, 7) is 7.73. The summed E-state index contributed by atoms with van der Waals surface area (Å²) in [4.78, 5) is 0. The van der Waals surface area contributed by atoms with Gasteiger partial charge in [-0.05, 0) is 17.9 Å². The van der Waals surface area contributed by atoms with Gasteiger partial charge in [0.05, 0.1) is 6.20 Å². The van der Waals surface area contributed by atoms with Gasteiger partial charge in [0.25, 0.3) is 0 Å². The molecule has 1 aromatic rings. The number of hydrogen-bond donors (Lipinski definition) is 0. The van der Waals surface area contributed by atoms with Crippen LogP contribution in [0.1, 0.15) is 57.9 Å². The first-order valence-corrected chi connectivity index (χ1v) is 5.76. The van der Waals surface area contributed by atoms with E-state index in [0.717, 1.165) is 6.54 Å². The van der Waals surface area contributed by atoms with Crippen molar-refractivity contribution in [1.82, 2.24) is 9.78 Å². The van der Waals surface area contributed by atoms with Crippen molar-refractivity contribution < 1.29 is 0 Å². The van der Waals surface area contributed by atoms with Crippen LogP contribution in [0.25, 0.3) is 0 Å². The summed E-state index contributed by atoms with van der Waals surface area (Å²) < 4.78 is 2.07. The Hall–Kier alpha value is -0.790. The normalized spacial score (nSPS) is 11.1. The third-order valence-electron chi connectivity index (χ3n) is 2.56. The van der Waals surface area contributed by atoms with Crippen molar-refractivity contribution >= 4 is 0 Å². The maximum atomic E-state index is 4.35. The molecule has 0 aromatic carbocycles. The third kappa shape index (κ3) is 3.52. The lowest BCUT2D eigenvalue weighted by atomic mass is 10.1. The fourth-order valence-electron chi connectivity index (χ4n) is 1.50. The van der Waals surface area contributed by atoms with Crippen molar-refractivity contribution in [2.45, 2.75) is 58.9 Å². The highest BCUT2D eigenvalue weighted by Crippen LogP contribution is 2.12. The van der Waals surface area contributed by atoms with E-state index in [9.17, 15) is 0 Å². The highest BCUT2D eigenvalue weighted by molar-refractivity contribution is 5.08. The second-order valence-electron chi connectivity index (χ2n) is 4.25. The third-order valence-corrected chi connectivity index (χ3v) is 2.56. The van der Waals surface area contributed by atoms with E-state index in [1.165, 1.54) is 31.2 Å². The van der Waals surface area contributed by atoms with Gasteiger partial charge < -0.3 is 0 Å². The number of aromatic nitrogens is 2. The summed E-state index contributed by atoms with van der Waals surface area (Å²) in [5.41, 5.74) is 1.35. The minimum atomic E-state index is 0.597. The van der Waals surface area contributed by atoms with Crippen molar-refractivity contribution in [3.05, 3.63) is 18.0 Å². The molecule has 0 atom stereocenters. The van der Waals surface area contributed by atoms with Gasteiger partial charge in [0.15, 0.2) is 0 Å². The Balaban J connectivity index is 2.29. The topological polar surface area (TPSA) is 17.8 Å². The van der Waals surface area contributed by atoms with Crippen LogP contribution in [0, 0.1) is 0 Å². The van der Waals surface area contributed by atoms with Crippen molar-refractivity contribution in [3.8, 4) is 0 Å². The second-order valence-corrected chi connectivity index (χ2v) is 4.25. The highest BCUT2D eigenvalue weighted by Gasteiger charge is 2.01. The van der Waals surface area contributed by atoms with Gasteiger partial charge in [0, 0.05) is 12.7 Å². The predicted molar refractivity (Wildman–Crippen MR) is 60.5 cm³/mol. The molecular weight excluding hydrogens is 172 g/mol. The average molecular weight is 194 g/mol. The number of unbranched alkanes of at least 4 members (excludes halogenated alkanes) is 3. The van der Waals surface area contributed by atoms with Crippen molar-refractivity contribution in [2.24, 2.45) is 0 Å². The fraction of sp³-hybridized carbons (Fsp3) is 0.750. The maximum Gasteiger partial charge on any atom is 0.0524 e. The lowest BCUT2D eigenvalue weighted by Gasteiger charge is -2.01. The Morgan fingerprint density at radius 3 is 2.64 bits per heavy atom. The Morgan fingerprint density at radius 1 is 1.29 bits per heavy atom. The molecular formula is C12H22N2. The van der Waals surface area contributed by atoms with Crippen LogP contribution in [-0.2, 0) is 6.54 Å². The molecule has 0 radical (unpaired) electrons. The van der Waals surface area contributed by atoms with Crippen molar-refractivity contribution in [3.63, 3.8) is 0 Å². The lowest BCUT2D eigenvalue weighted by molar-refractivity contribution is 0.541. The Kier molecular flexibility index (Phi) is 4.71. The Morgan fingerprint density at radius 2 is 2.07 bits per heavy atom. The molecule has 0 saturated carbocycles. The number of nitrogens with zero attached hydrogens (tertiary/aromatic N) is 2. The quantitative estimate of drug-likeness (QED) is 0.633. The summed E-state index contributed by atoms with van der Waals surface area (Å²) >= 11 is 0. The molecule has 0 spiro atoms. The molecule has 0 saturated heterocycles. The fourth-order valence-corrected chi connectivity index (χ4v) is 1.50. The zero-order chi connectivity index (χ0) is 10.4. The number of aryl methyl sites for hydroxylation is 1. The smallest absolute Gasteiger partial charge is 0.0524 e. The van der Waals surface area contributed by atoms with Crippen LogP contribution in [0.3, 0.4) is 0 Å². The van der Waals surface area contributed by atoms with E-state index in [2.05, 4.69) is 36.7 Å². The van der Waals surface area contributed by atoms with E-state index < -0.39 is 0 Å². The van der Waals surface area contributed by atoms with Crippen LogP contribution in [0.15, 0.2) is 12.4 Å². The first-order valence-electron chi connectivity index (χ1n) is 5.76. The molecule has 0 aliphatic rings. The van der Waals surface area contributed by atoms with Crippen LogP contribution >= 0.6 is 0 Å². The molecule has 0 bridgehead atoms. The minimum Gasteiger partial charge on any atom is -0.272 e. The van der Waals surface area contributed by atoms with Gasteiger partial charge in [-0.3, -0.25) is 4.68 Å². The standard InChI is InChI=1S/C12H22N2/c1-4-5-6-7-8-14-10-12(9-13-14)11(2)3/h9-11H,4-8H2,1-3H3. The van der Waals surface area contributed by atoms with Crippen molar-refractivity contribution in [2.75, 3.05) is 0 Å². The summed E-state index contributed by atoms with van der Waals surface area (Å²) in [6, 6.07) is 0. The average Bonchev–Trinajstić information content (AvgIpc) is 2.61. The van der Waals surface area contributed by atoms with Crippen molar-refractivity contribution in [1.29, 1.82) is 0 Å². The molecule has 0 unspecified atom stereocenters. The van der Waals surface area contributed by atoms with Crippen LogP contribution in [0.5, 0.6) is 0 Å². The molecule has 2 heteroatoms. The largest absolute Gasteiger partial charge is 0.272 e. The van der Waals surface area contributed by atoms with E-state index in [0.29, 0.717) is 5.92 Å². The van der Waals surface area contributed by atoms with E-state index >= 15 is 0 Å². The maximum absolute atomic E-state index is 4.35. The minimum absolute atomic E-state index is 0.597. The number of hydrogen-bond acceptors (Lipinski definition) is 1. The predicted octanol–water partition coefficient (Wildman–Crippen LogP) is 3.59. The van der Waals surface area contributed by atoms with Gasteiger partial charge in [-0.25, -0.2) is 0 Å². The summed E-state index contributed by atoms with van der Waals surface area (Å²) in [5, 5.41) is 4.35. The van der Waals surface area contributed by atoms with Crippen LogP contribution < -0.4 is 0 Å². The van der Waals surface area contributed by atoms with Gasteiger partial charge >= 0.3 is 0 Å². The monoisotopic (exact) mass is 194 g/mol. The highest BCUT2D eigenvalue weighted by atomic mass is 15.3. The van der Waals surface area contributed by atoms with Gasteiger partial charge in [0.2, 0.25) is 0 Å². The SMILES string of the molecule is CCCCCCn1cc(C(C)C)cn1. The van der Waals surface area contributed by atoms with Gasteiger partial charge in [-0.1, -0.05) is 40.0 Å². The molecule has 0 aliphatic heterocycles. The Bertz CT molecular complexity index is 251. The number of rotatable bonds is 6. The van der Waals surface area contributed by atoms with E-state index in [1.807, 2.05) is 6.20 Å². The molecule has 1 aromatic heterocycles. The van der Waals surface area contributed by atoms with E-state index in [1.54, 1.807) is 0 Å². The second kappa shape index (κ2) is 5.84. The molecule has 1 heterocycles. The van der Waals surface area contributed by atoms with E-state index in [-0.39, 0.29) is 0 Å². The van der Waals surface area contributed by atoms with Crippen LogP contribution in [0.2, 0.25) is 0 Å². The van der Waals surface area contributed by atoms with Crippen LogP contribution in [-0.4, -0.2) is 9.78 Å². The Labute approximate surface area is 87.3 Å². The molecule has 0 aliphatic carbocycles. The molecule has 0 N–H and O–H groups in total. The molecule has 0 fully saturated rings. The van der Waals surface area contributed by atoms with Gasteiger partial charge in [-0.2, -0.15) is 5.10 Å². The summed E-state index contributed by atoms with van der Waals surface area (Å²) in [6.07, 6.45) is 9.40. The summed E-state index contributed by atoms with van der Waals surface area (Å²) in [5.74, 6) is 0.597. The zero-order valence-electron chi connectivity index (χ0n) is 9.66. The van der Waals surface area contributed by atoms with E-state index in [4.69, 9.17) is 0 Å². The molecule has 0 amide bonds. The molecule has 2 nitrogen and oxygen atoms in total. The lowest BCUT2D eigenvalue weighted by Crippen LogP contribution is -1.97. The van der Waals surface area contributed by atoms with Gasteiger partial charge in [-0.15, -0.1) is 0 Å². The molecule has 80 valence electrons. The molecule has 1 rings (SSSR count). The zero-order valence-corrected chi connectivity index (χ0v) is 9.66. The summed E-state index contributed by atoms with van der Waals surface area (Å²) in [7, 11) is 0. The first kappa shape index (κ1) is 11.3. The van der Waals surface area contributed by atoms with Crippen LogP contribution in [0.4, 0.5) is 0 Å². The van der Waals surface area contributed by atoms with Gasteiger partial charge in [0.1, 0.15) is 0 Å².